The highest BCUT2D eigenvalue weighted by atomic mass is 35.5. The van der Waals surface area contributed by atoms with E-state index < -0.39 is 20.5 Å². The van der Waals surface area contributed by atoms with Crippen LogP contribution in [0.1, 0.15) is 41.8 Å². The minimum atomic E-state index is -4.77. The summed E-state index contributed by atoms with van der Waals surface area (Å²) in [5.74, 6) is 1.19. The van der Waals surface area contributed by atoms with Gasteiger partial charge in [0.1, 0.15) is 5.76 Å². The van der Waals surface area contributed by atoms with Crippen molar-refractivity contribution < 1.29 is 32.5 Å². The van der Waals surface area contributed by atoms with Crippen LogP contribution in [0, 0.1) is 17.8 Å². The van der Waals surface area contributed by atoms with Crippen molar-refractivity contribution in [2.75, 3.05) is 14.1 Å². The van der Waals surface area contributed by atoms with Crippen molar-refractivity contribution in [2.24, 2.45) is 17.8 Å². The lowest BCUT2D eigenvalue weighted by molar-refractivity contribution is -0.125. The molecule has 1 aromatic carbocycles. The predicted octanol–water partition coefficient (Wildman–Crippen LogP) is 4.39. The zero-order valence-corrected chi connectivity index (χ0v) is 16.5. The number of ether oxygens (including phenoxy) is 2. The Morgan fingerprint density at radius 2 is 2.00 bits per heavy atom. The number of phosphoric acid groups is 1. The van der Waals surface area contributed by atoms with Crippen LogP contribution in [0.4, 0.5) is 0 Å². The summed E-state index contributed by atoms with van der Waals surface area (Å²) in [6, 6.07) is 4.70. The molecule has 5 rings (SSSR count). The van der Waals surface area contributed by atoms with Crippen molar-refractivity contribution in [2.45, 2.75) is 37.7 Å². The van der Waals surface area contributed by atoms with E-state index in [2.05, 4.69) is 0 Å². The highest BCUT2D eigenvalue weighted by Crippen LogP contribution is 2.60. The third-order valence-electron chi connectivity index (χ3n) is 6.11. The average molecular weight is 418 g/mol. The Hall–Kier alpha value is -1.04. The Labute approximate surface area is 167 Å². The molecule has 0 saturated heterocycles. The van der Waals surface area contributed by atoms with Crippen LogP contribution < -0.4 is 4.52 Å². The van der Waals surface area contributed by atoms with Gasteiger partial charge in [-0.3, -0.25) is 9.79 Å². The molecule has 2 unspecified atom stereocenters. The summed E-state index contributed by atoms with van der Waals surface area (Å²) in [7, 11) is -5.64. The molecule has 4 aliphatic carbocycles. The zero-order chi connectivity index (χ0) is 21.9. The maximum atomic E-state index is 11.3. The number of halogens is 1. The van der Waals surface area contributed by atoms with Crippen molar-refractivity contribution >= 4 is 25.2 Å². The van der Waals surface area contributed by atoms with Gasteiger partial charge in [0.05, 0.1) is 21.8 Å². The van der Waals surface area contributed by atoms with Crippen molar-refractivity contribution in [3.05, 3.63) is 34.4 Å². The number of rotatable bonds is 5. The van der Waals surface area contributed by atoms with E-state index in [0.717, 1.165) is 24.8 Å². The van der Waals surface area contributed by atoms with Gasteiger partial charge < -0.3 is 14.0 Å². The minimum absolute atomic E-state index is 0.0811. The first-order valence-corrected chi connectivity index (χ1v) is 10.8. The third-order valence-corrected chi connectivity index (χ3v) is 6.85. The molecule has 2 N–H and O–H groups in total. The summed E-state index contributed by atoms with van der Waals surface area (Å²) in [4.78, 5) is 18.3. The fraction of sp³-hybridized carbons (Fsp3) is 0.579. The molecule has 0 aliphatic heterocycles. The summed E-state index contributed by atoms with van der Waals surface area (Å²) >= 11 is 6.04. The highest BCUT2D eigenvalue weighted by molar-refractivity contribution is 7.46. The number of benzene rings is 1. The lowest BCUT2D eigenvalue weighted by Crippen LogP contribution is -2.52. The first-order chi connectivity index (χ1) is 13.9. The van der Waals surface area contributed by atoms with Crippen molar-refractivity contribution in [1.82, 2.24) is 0 Å². The largest absolute Gasteiger partial charge is 0.524 e. The molecule has 2 atom stereocenters. The molecular formula is C19H24ClO6P. The van der Waals surface area contributed by atoms with Crippen LogP contribution in [0.2, 0.25) is 5.02 Å². The van der Waals surface area contributed by atoms with Crippen molar-refractivity contribution in [3.63, 3.8) is 0 Å². The summed E-state index contributed by atoms with van der Waals surface area (Å²) in [6.45, 7) is 0. The van der Waals surface area contributed by atoms with Crippen LogP contribution in [0.3, 0.4) is 0 Å². The summed E-state index contributed by atoms with van der Waals surface area (Å²) in [5.41, 5.74) is 1.10. The van der Waals surface area contributed by atoms with Crippen LogP contribution in [0.25, 0.3) is 5.76 Å². The Kier molecular flexibility index (Phi) is 3.98. The Balaban J connectivity index is 1.71. The van der Waals surface area contributed by atoms with E-state index in [1.165, 1.54) is 12.1 Å². The van der Waals surface area contributed by atoms with Gasteiger partial charge in [0.15, 0.2) is 5.75 Å². The summed E-state index contributed by atoms with van der Waals surface area (Å²) < 4.78 is 50.1. The smallest absolute Gasteiger partial charge is 0.496 e. The molecular weight excluding hydrogens is 391 g/mol. The van der Waals surface area contributed by atoms with Gasteiger partial charge in [-0.05, 0) is 73.6 Å². The second-order valence-corrected chi connectivity index (χ2v) is 9.42. The Morgan fingerprint density at radius 3 is 2.59 bits per heavy atom. The second-order valence-electron chi connectivity index (χ2n) is 7.84. The van der Waals surface area contributed by atoms with E-state index in [0.29, 0.717) is 30.1 Å². The van der Waals surface area contributed by atoms with Gasteiger partial charge in [0.2, 0.25) is 0 Å². The number of allylic oxidation sites excluding steroid dienone is 1. The van der Waals surface area contributed by atoms with E-state index in [9.17, 15) is 4.57 Å². The summed E-state index contributed by atoms with van der Waals surface area (Å²) in [6.07, 6.45) is 3.92. The van der Waals surface area contributed by atoms with Gasteiger partial charge in [0, 0.05) is 12.6 Å². The first kappa shape index (κ1) is 15.8. The van der Waals surface area contributed by atoms with E-state index in [1.54, 1.807) is 13.2 Å². The fourth-order valence-corrected chi connectivity index (χ4v) is 6.07. The second kappa shape index (κ2) is 6.78. The van der Waals surface area contributed by atoms with E-state index in [4.69, 9.17) is 39.5 Å². The quantitative estimate of drug-likeness (QED) is 0.545. The van der Waals surface area contributed by atoms with Crippen molar-refractivity contribution in [3.8, 4) is 5.75 Å². The normalized spacial score (nSPS) is 34.0. The third kappa shape index (κ3) is 3.54. The molecule has 8 heteroatoms. The first-order valence-electron chi connectivity index (χ1n) is 10.4. The van der Waals surface area contributed by atoms with Crippen LogP contribution in [-0.2, 0) is 14.0 Å². The molecule has 0 heterocycles. The molecule has 1 aromatic rings. The topological polar surface area (TPSA) is 85.2 Å². The Morgan fingerprint density at radius 1 is 1.30 bits per heavy atom. The zero-order valence-electron chi connectivity index (χ0n) is 17.9. The molecule has 4 fully saturated rings. The predicted molar refractivity (Wildman–Crippen MR) is 101 cm³/mol. The van der Waals surface area contributed by atoms with E-state index in [-0.39, 0.29) is 22.6 Å². The van der Waals surface area contributed by atoms with Crippen molar-refractivity contribution in [1.29, 1.82) is 0 Å². The number of hydrogen-bond acceptors (Lipinski definition) is 4. The lowest BCUT2D eigenvalue weighted by Gasteiger charge is -2.57. The number of hydrogen-bond donors (Lipinski definition) is 2. The number of phosphoric ester groups is 1. The van der Waals surface area contributed by atoms with Gasteiger partial charge in [-0.15, -0.1) is 0 Å². The fourth-order valence-electron chi connectivity index (χ4n) is 5.46. The molecule has 0 spiro atoms. The molecule has 0 amide bonds. The van der Waals surface area contributed by atoms with Gasteiger partial charge in [-0.2, -0.15) is 0 Å². The molecule has 4 saturated carbocycles. The van der Waals surface area contributed by atoms with Gasteiger partial charge in [0.25, 0.3) is 0 Å². The number of methoxy groups -OCH3 is 2. The maximum Gasteiger partial charge on any atom is 0.524 e. The minimum Gasteiger partial charge on any atom is -0.496 e. The molecule has 6 nitrogen and oxygen atoms in total. The monoisotopic (exact) mass is 417 g/mol. The van der Waals surface area contributed by atoms with E-state index >= 15 is 0 Å². The molecule has 0 radical (unpaired) electrons. The van der Waals surface area contributed by atoms with Crippen LogP contribution in [0.5, 0.6) is 5.75 Å². The maximum absolute atomic E-state index is 11.3. The van der Waals surface area contributed by atoms with Crippen LogP contribution in [-0.4, -0.2) is 29.5 Å². The van der Waals surface area contributed by atoms with Crippen LogP contribution in [0.15, 0.2) is 23.8 Å². The SMILES string of the molecule is [2H]C([2H])([2H])OC12CC3CC(C1)C(=C(OC)c1ccc(Cl)c(OP(=O)(O)O)c1)C(C3)C2. The molecule has 148 valence electrons. The average Bonchev–Trinajstić information content (AvgIpc) is 2.56. The Bertz CT molecular complexity index is 909. The molecule has 4 aliphatic rings. The molecule has 4 bridgehead atoms. The van der Waals surface area contributed by atoms with Gasteiger partial charge >= 0.3 is 7.82 Å². The standard InChI is InChI=1S/C19H24ClO6P/c1-24-18(12-3-4-15(20)16(7-12)26-27(21,22)23)17-13-5-11-6-14(17)10-19(8-11,9-13)25-2/h3-4,7,11,13-14H,5-6,8-10H2,1-2H3,(H2,21,22,23)/i2D3. The van der Waals surface area contributed by atoms with Crippen LogP contribution >= 0.6 is 19.4 Å². The van der Waals surface area contributed by atoms with Gasteiger partial charge in [-0.1, -0.05) is 11.6 Å². The molecule has 27 heavy (non-hydrogen) atoms. The molecule has 0 aromatic heterocycles. The highest BCUT2D eigenvalue weighted by Gasteiger charge is 2.54. The van der Waals surface area contributed by atoms with E-state index in [1.807, 2.05) is 0 Å². The summed E-state index contributed by atoms with van der Waals surface area (Å²) in [5, 5.41) is 0.0811. The van der Waals surface area contributed by atoms with Gasteiger partial charge in [-0.25, -0.2) is 4.57 Å². The lowest BCUT2D eigenvalue weighted by atomic mass is 9.52.